The van der Waals surface area contributed by atoms with Crippen molar-refractivity contribution in [3.63, 3.8) is 0 Å². The van der Waals surface area contributed by atoms with Gasteiger partial charge in [-0.25, -0.2) is 0 Å². The van der Waals surface area contributed by atoms with Crippen LogP contribution in [-0.2, 0) is 0 Å². The number of nitriles is 1. The molecule has 0 bridgehead atoms. The van der Waals surface area contributed by atoms with Crippen LogP contribution in [-0.4, -0.2) is 0 Å². The molecule has 2 aromatic rings. The van der Waals surface area contributed by atoms with E-state index < -0.39 is 0 Å². The largest absolute Gasteiger partial charge is 0.354 e. The Bertz CT molecular complexity index is 580. The SMILES string of the molecule is CC(C)c1ccccc1Nc1ccccc1C#N. The van der Waals surface area contributed by atoms with Crippen molar-refractivity contribution in [3.05, 3.63) is 59.7 Å². The molecule has 0 saturated carbocycles. The monoisotopic (exact) mass is 236 g/mol. The maximum absolute atomic E-state index is 9.08. The maximum Gasteiger partial charge on any atom is 0.101 e. The molecule has 0 aromatic heterocycles. The second-order valence-electron chi connectivity index (χ2n) is 4.52. The van der Waals surface area contributed by atoms with Crippen LogP contribution in [0.4, 0.5) is 11.4 Å². The Kier molecular flexibility index (Phi) is 3.64. The average Bonchev–Trinajstić information content (AvgIpc) is 2.40. The van der Waals surface area contributed by atoms with Gasteiger partial charge in [-0.1, -0.05) is 44.2 Å². The molecule has 0 aliphatic heterocycles. The molecule has 0 amide bonds. The first kappa shape index (κ1) is 12.2. The summed E-state index contributed by atoms with van der Waals surface area (Å²) in [7, 11) is 0. The van der Waals surface area contributed by atoms with Gasteiger partial charge < -0.3 is 5.32 Å². The number of rotatable bonds is 3. The van der Waals surface area contributed by atoms with Gasteiger partial charge in [0.15, 0.2) is 0 Å². The second-order valence-corrected chi connectivity index (χ2v) is 4.52. The van der Waals surface area contributed by atoms with Gasteiger partial charge in [0.25, 0.3) is 0 Å². The molecular formula is C16H16N2. The van der Waals surface area contributed by atoms with Gasteiger partial charge in [0.2, 0.25) is 0 Å². The zero-order valence-electron chi connectivity index (χ0n) is 10.6. The zero-order valence-corrected chi connectivity index (χ0v) is 10.6. The van der Waals surface area contributed by atoms with Crippen molar-refractivity contribution < 1.29 is 0 Å². The van der Waals surface area contributed by atoms with Crippen molar-refractivity contribution >= 4 is 11.4 Å². The third-order valence-electron chi connectivity index (χ3n) is 2.90. The lowest BCUT2D eigenvalue weighted by Gasteiger charge is -2.15. The quantitative estimate of drug-likeness (QED) is 0.856. The number of nitrogens with zero attached hydrogens (tertiary/aromatic N) is 1. The van der Waals surface area contributed by atoms with E-state index in [1.54, 1.807) is 0 Å². The summed E-state index contributed by atoms with van der Waals surface area (Å²) >= 11 is 0. The summed E-state index contributed by atoms with van der Waals surface area (Å²) in [6, 6.07) is 18.0. The van der Waals surface area contributed by atoms with Gasteiger partial charge in [0.1, 0.15) is 6.07 Å². The van der Waals surface area contributed by atoms with Crippen molar-refractivity contribution in [2.45, 2.75) is 19.8 Å². The third-order valence-corrected chi connectivity index (χ3v) is 2.90. The molecule has 0 heterocycles. The fourth-order valence-electron chi connectivity index (χ4n) is 1.95. The van der Waals surface area contributed by atoms with Crippen LogP contribution >= 0.6 is 0 Å². The first-order valence-corrected chi connectivity index (χ1v) is 6.07. The van der Waals surface area contributed by atoms with Crippen LogP contribution in [0.2, 0.25) is 0 Å². The van der Waals surface area contributed by atoms with Crippen LogP contribution in [0.1, 0.15) is 30.9 Å². The Morgan fingerprint density at radius 2 is 1.56 bits per heavy atom. The van der Waals surface area contributed by atoms with E-state index in [4.69, 9.17) is 5.26 Å². The van der Waals surface area contributed by atoms with E-state index in [9.17, 15) is 0 Å². The van der Waals surface area contributed by atoms with Crippen molar-refractivity contribution in [1.29, 1.82) is 5.26 Å². The molecule has 2 nitrogen and oxygen atoms in total. The summed E-state index contributed by atoms with van der Waals surface area (Å²) in [6.45, 7) is 4.33. The van der Waals surface area contributed by atoms with E-state index in [0.29, 0.717) is 11.5 Å². The molecule has 2 aromatic carbocycles. The highest BCUT2D eigenvalue weighted by atomic mass is 14.9. The number of benzene rings is 2. The van der Waals surface area contributed by atoms with Crippen molar-refractivity contribution in [2.75, 3.05) is 5.32 Å². The molecule has 2 heteroatoms. The van der Waals surface area contributed by atoms with Crippen molar-refractivity contribution in [1.82, 2.24) is 0 Å². The van der Waals surface area contributed by atoms with E-state index >= 15 is 0 Å². The highest BCUT2D eigenvalue weighted by molar-refractivity contribution is 5.68. The smallest absolute Gasteiger partial charge is 0.101 e. The van der Waals surface area contributed by atoms with E-state index in [1.165, 1.54) is 5.56 Å². The van der Waals surface area contributed by atoms with Crippen molar-refractivity contribution in [3.8, 4) is 6.07 Å². The fourth-order valence-corrected chi connectivity index (χ4v) is 1.95. The highest BCUT2D eigenvalue weighted by Crippen LogP contribution is 2.28. The van der Waals surface area contributed by atoms with Gasteiger partial charge in [-0.2, -0.15) is 5.26 Å². The summed E-state index contributed by atoms with van der Waals surface area (Å²) in [5.41, 5.74) is 3.84. The summed E-state index contributed by atoms with van der Waals surface area (Å²) in [6.07, 6.45) is 0. The number of para-hydroxylation sites is 2. The van der Waals surface area contributed by atoms with E-state index in [0.717, 1.165) is 11.4 Å². The first-order chi connectivity index (χ1) is 8.72. The van der Waals surface area contributed by atoms with Crippen LogP contribution in [0.5, 0.6) is 0 Å². The summed E-state index contributed by atoms with van der Waals surface area (Å²) in [5.74, 6) is 0.447. The molecule has 90 valence electrons. The summed E-state index contributed by atoms with van der Waals surface area (Å²) in [4.78, 5) is 0. The van der Waals surface area contributed by atoms with Gasteiger partial charge in [0.05, 0.1) is 11.3 Å². The van der Waals surface area contributed by atoms with Crippen LogP contribution in [0, 0.1) is 11.3 Å². The maximum atomic E-state index is 9.08. The number of hydrogen-bond acceptors (Lipinski definition) is 2. The molecule has 0 spiro atoms. The molecule has 0 radical (unpaired) electrons. The van der Waals surface area contributed by atoms with Crippen LogP contribution in [0.25, 0.3) is 0 Å². The minimum absolute atomic E-state index is 0.447. The molecule has 2 rings (SSSR count). The summed E-state index contributed by atoms with van der Waals surface area (Å²) in [5, 5.41) is 12.4. The lowest BCUT2D eigenvalue weighted by atomic mass is 10.0. The van der Waals surface area contributed by atoms with Crippen LogP contribution in [0.3, 0.4) is 0 Å². The molecular weight excluding hydrogens is 220 g/mol. The van der Waals surface area contributed by atoms with Crippen LogP contribution < -0.4 is 5.32 Å². The molecule has 0 atom stereocenters. The Hall–Kier alpha value is -2.27. The average molecular weight is 236 g/mol. The minimum Gasteiger partial charge on any atom is -0.354 e. The Morgan fingerprint density at radius 1 is 0.944 bits per heavy atom. The highest BCUT2D eigenvalue weighted by Gasteiger charge is 2.07. The Labute approximate surface area is 108 Å². The molecule has 0 saturated heterocycles. The standard InChI is InChI=1S/C16H16N2/c1-12(2)14-8-4-6-10-16(14)18-15-9-5-3-7-13(15)11-17/h3-10,12,18H,1-2H3. The lowest BCUT2D eigenvalue weighted by Crippen LogP contribution is -1.99. The Balaban J connectivity index is 2.38. The molecule has 0 aliphatic rings. The minimum atomic E-state index is 0.447. The topological polar surface area (TPSA) is 35.8 Å². The zero-order chi connectivity index (χ0) is 13.0. The van der Waals surface area contributed by atoms with Gasteiger partial charge >= 0.3 is 0 Å². The lowest BCUT2D eigenvalue weighted by molar-refractivity contribution is 0.869. The van der Waals surface area contributed by atoms with Gasteiger partial charge in [-0.15, -0.1) is 0 Å². The molecule has 1 N–H and O–H groups in total. The van der Waals surface area contributed by atoms with E-state index in [-0.39, 0.29) is 0 Å². The van der Waals surface area contributed by atoms with Gasteiger partial charge in [0, 0.05) is 5.69 Å². The van der Waals surface area contributed by atoms with Gasteiger partial charge in [-0.05, 0) is 29.7 Å². The first-order valence-electron chi connectivity index (χ1n) is 6.07. The number of hydrogen-bond donors (Lipinski definition) is 1. The number of nitrogens with one attached hydrogen (secondary N) is 1. The normalized spacial score (nSPS) is 10.1. The number of anilines is 2. The third kappa shape index (κ3) is 2.52. The van der Waals surface area contributed by atoms with E-state index in [1.807, 2.05) is 42.5 Å². The van der Waals surface area contributed by atoms with Gasteiger partial charge in [-0.3, -0.25) is 0 Å². The van der Waals surface area contributed by atoms with Crippen LogP contribution in [0.15, 0.2) is 48.5 Å². The summed E-state index contributed by atoms with van der Waals surface area (Å²) < 4.78 is 0. The van der Waals surface area contributed by atoms with Crippen molar-refractivity contribution in [2.24, 2.45) is 0 Å². The molecule has 0 aliphatic carbocycles. The molecule has 0 unspecified atom stereocenters. The molecule has 0 fully saturated rings. The Morgan fingerprint density at radius 3 is 2.22 bits per heavy atom. The fraction of sp³-hybridized carbons (Fsp3) is 0.188. The molecule has 18 heavy (non-hydrogen) atoms. The predicted octanol–water partition coefficient (Wildman–Crippen LogP) is 4.43. The predicted molar refractivity (Wildman–Crippen MR) is 75.0 cm³/mol. The second kappa shape index (κ2) is 5.37. The van der Waals surface area contributed by atoms with E-state index in [2.05, 4.69) is 31.3 Å².